The average Bonchev–Trinajstić information content (AvgIpc) is 3.13. The van der Waals surface area contributed by atoms with Crippen molar-refractivity contribution in [3.8, 4) is 0 Å². The van der Waals surface area contributed by atoms with Crippen LogP contribution in [-0.4, -0.2) is 29.8 Å². The highest BCUT2D eigenvalue weighted by atomic mass is 16.1. The number of nitrogens with zero attached hydrogens (tertiary/aromatic N) is 1. The number of ketones is 1. The number of carbonyl (C=O) groups excluding carboxylic acids is 1. The Hall–Kier alpha value is -1.15. The van der Waals surface area contributed by atoms with E-state index in [1.165, 1.54) is 12.8 Å². The van der Waals surface area contributed by atoms with Crippen molar-refractivity contribution >= 4 is 5.78 Å². The molecule has 92 valence electrons. The number of hydrogen-bond acceptors (Lipinski definition) is 2. The number of Topliss-reactive ketones (excluding diaryl/α,β-unsaturated/α-hetero) is 1. The van der Waals surface area contributed by atoms with Gasteiger partial charge in [0.25, 0.3) is 0 Å². The molecule has 0 heterocycles. The molecule has 1 atom stereocenters. The Kier molecular flexibility index (Phi) is 3.34. The molecule has 1 aliphatic rings. The summed E-state index contributed by atoms with van der Waals surface area (Å²) in [5, 5.41) is 0. The van der Waals surface area contributed by atoms with Crippen LogP contribution >= 0.6 is 0 Å². The molecule has 2 nitrogen and oxygen atoms in total. The summed E-state index contributed by atoms with van der Waals surface area (Å²) < 4.78 is 0. The fraction of sp³-hybridized carbons (Fsp3) is 0.533. The second kappa shape index (κ2) is 4.61. The van der Waals surface area contributed by atoms with Gasteiger partial charge in [-0.2, -0.15) is 0 Å². The van der Waals surface area contributed by atoms with Crippen LogP contribution in [0.25, 0.3) is 0 Å². The van der Waals surface area contributed by atoms with Gasteiger partial charge in [-0.3, -0.25) is 9.69 Å². The predicted molar refractivity (Wildman–Crippen MR) is 70.5 cm³/mol. The van der Waals surface area contributed by atoms with Crippen LogP contribution in [-0.2, 0) is 0 Å². The standard InChI is InChI=1S/C15H21NO/c1-10-5-6-11(2)14(9-10)15(17)12(3)16(4)13-7-8-13/h5-6,9,12-13H,7-8H2,1-4H3. The first-order valence-electron chi connectivity index (χ1n) is 6.34. The van der Waals surface area contributed by atoms with E-state index in [0.29, 0.717) is 6.04 Å². The van der Waals surface area contributed by atoms with Crippen LogP contribution in [0.4, 0.5) is 0 Å². The molecular weight excluding hydrogens is 210 g/mol. The Morgan fingerprint density at radius 1 is 1.35 bits per heavy atom. The Labute approximate surface area is 104 Å². The number of benzene rings is 1. The summed E-state index contributed by atoms with van der Waals surface area (Å²) in [6, 6.07) is 6.71. The van der Waals surface area contributed by atoms with E-state index in [9.17, 15) is 4.79 Å². The summed E-state index contributed by atoms with van der Waals surface area (Å²) in [6.45, 7) is 6.06. The smallest absolute Gasteiger partial charge is 0.179 e. The van der Waals surface area contributed by atoms with Gasteiger partial charge in [0.1, 0.15) is 0 Å². The molecule has 0 spiro atoms. The van der Waals surface area contributed by atoms with Crippen molar-refractivity contribution < 1.29 is 4.79 Å². The Balaban J connectivity index is 2.20. The van der Waals surface area contributed by atoms with Crippen LogP contribution in [0, 0.1) is 13.8 Å². The maximum atomic E-state index is 12.4. The third-order valence-corrected chi connectivity index (χ3v) is 3.77. The van der Waals surface area contributed by atoms with Crippen molar-refractivity contribution in [1.82, 2.24) is 4.90 Å². The lowest BCUT2D eigenvalue weighted by Gasteiger charge is -2.24. The van der Waals surface area contributed by atoms with Crippen LogP contribution in [0.5, 0.6) is 0 Å². The zero-order valence-electron chi connectivity index (χ0n) is 11.2. The molecule has 0 amide bonds. The van der Waals surface area contributed by atoms with E-state index in [4.69, 9.17) is 0 Å². The summed E-state index contributed by atoms with van der Waals surface area (Å²) in [6.07, 6.45) is 2.47. The summed E-state index contributed by atoms with van der Waals surface area (Å²) in [4.78, 5) is 14.7. The van der Waals surface area contributed by atoms with Gasteiger partial charge in [0.05, 0.1) is 6.04 Å². The molecule has 0 saturated heterocycles. The topological polar surface area (TPSA) is 20.3 Å². The lowest BCUT2D eigenvalue weighted by atomic mass is 9.97. The summed E-state index contributed by atoms with van der Waals surface area (Å²) >= 11 is 0. The zero-order chi connectivity index (χ0) is 12.6. The van der Waals surface area contributed by atoms with Crippen molar-refractivity contribution in [1.29, 1.82) is 0 Å². The van der Waals surface area contributed by atoms with Gasteiger partial charge >= 0.3 is 0 Å². The van der Waals surface area contributed by atoms with Crippen LogP contribution in [0.3, 0.4) is 0 Å². The molecule has 2 heteroatoms. The van der Waals surface area contributed by atoms with Gasteiger partial charge in [-0.25, -0.2) is 0 Å². The van der Waals surface area contributed by atoms with Crippen LogP contribution in [0.1, 0.15) is 41.3 Å². The molecule has 1 saturated carbocycles. The maximum Gasteiger partial charge on any atom is 0.179 e. The second-order valence-corrected chi connectivity index (χ2v) is 5.26. The highest BCUT2D eigenvalue weighted by Gasteiger charge is 2.32. The van der Waals surface area contributed by atoms with Gasteiger partial charge in [0.15, 0.2) is 5.78 Å². The van der Waals surface area contributed by atoms with E-state index < -0.39 is 0 Å². The first-order valence-corrected chi connectivity index (χ1v) is 6.34. The minimum Gasteiger partial charge on any atom is -0.294 e. The normalized spacial score (nSPS) is 17.2. The number of aryl methyl sites for hydroxylation is 2. The van der Waals surface area contributed by atoms with Crippen molar-refractivity contribution in [3.05, 3.63) is 34.9 Å². The molecule has 0 radical (unpaired) electrons. The molecule has 1 aromatic rings. The van der Waals surface area contributed by atoms with Gasteiger partial charge in [-0.15, -0.1) is 0 Å². The quantitative estimate of drug-likeness (QED) is 0.742. The van der Waals surface area contributed by atoms with E-state index in [-0.39, 0.29) is 11.8 Å². The zero-order valence-corrected chi connectivity index (χ0v) is 11.2. The third-order valence-electron chi connectivity index (χ3n) is 3.77. The molecule has 1 aromatic carbocycles. The van der Waals surface area contributed by atoms with Gasteiger partial charge in [0.2, 0.25) is 0 Å². The van der Waals surface area contributed by atoms with Crippen molar-refractivity contribution in [3.63, 3.8) is 0 Å². The SMILES string of the molecule is Cc1ccc(C)c(C(=O)C(C)N(C)C2CC2)c1. The third kappa shape index (κ3) is 2.58. The lowest BCUT2D eigenvalue weighted by Crippen LogP contribution is -2.37. The van der Waals surface area contributed by atoms with Crippen LogP contribution in [0.15, 0.2) is 18.2 Å². The monoisotopic (exact) mass is 231 g/mol. The highest BCUT2D eigenvalue weighted by Crippen LogP contribution is 2.28. The lowest BCUT2D eigenvalue weighted by molar-refractivity contribution is 0.0860. The van der Waals surface area contributed by atoms with Gasteiger partial charge in [0, 0.05) is 11.6 Å². The molecule has 17 heavy (non-hydrogen) atoms. The van der Waals surface area contributed by atoms with Crippen molar-refractivity contribution in [2.45, 2.75) is 45.7 Å². The summed E-state index contributed by atoms with van der Waals surface area (Å²) in [7, 11) is 2.06. The minimum absolute atomic E-state index is 0.0111. The first-order chi connectivity index (χ1) is 8.00. The van der Waals surface area contributed by atoms with E-state index in [1.807, 2.05) is 32.9 Å². The first kappa shape index (κ1) is 12.3. The molecule has 2 rings (SSSR count). The molecule has 0 N–H and O–H groups in total. The molecule has 1 unspecified atom stereocenters. The molecular formula is C15H21NO. The average molecular weight is 231 g/mol. The highest BCUT2D eigenvalue weighted by molar-refractivity contribution is 6.01. The van der Waals surface area contributed by atoms with E-state index in [0.717, 1.165) is 16.7 Å². The van der Waals surface area contributed by atoms with Crippen LogP contribution in [0.2, 0.25) is 0 Å². The Morgan fingerprint density at radius 3 is 2.59 bits per heavy atom. The van der Waals surface area contributed by atoms with Gasteiger partial charge in [-0.05, 0) is 52.3 Å². The Bertz CT molecular complexity index is 435. The minimum atomic E-state index is -0.0111. The van der Waals surface area contributed by atoms with Crippen molar-refractivity contribution in [2.24, 2.45) is 0 Å². The second-order valence-electron chi connectivity index (χ2n) is 5.26. The van der Waals surface area contributed by atoms with E-state index >= 15 is 0 Å². The summed E-state index contributed by atoms with van der Waals surface area (Å²) in [5.41, 5.74) is 3.11. The number of hydrogen-bond donors (Lipinski definition) is 0. The number of carbonyl (C=O) groups is 1. The molecule has 1 fully saturated rings. The fourth-order valence-corrected chi connectivity index (χ4v) is 2.21. The summed E-state index contributed by atoms with van der Waals surface area (Å²) in [5.74, 6) is 0.251. The van der Waals surface area contributed by atoms with Crippen LogP contribution < -0.4 is 0 Å². The molecule has 0 aliphatic heterocycles. The Morgan fingerprint density at radius 2 is 2.00 bits per heavy atom. The number of rotatable bonds is 4. The molecule has 0 bridgehead atoms. The number of likely N-dealkylation sites (N-methyl/N-ethyl adjacent to an activating group) is 1. The van der Waals surface area contributed by atoms with E-state index in [2.05, 4.69) is 18.0 Å². The van der Waals surface area contributed by atoms with Gasteiger partial charge in [-0.1, -0.05) is 17.7 Å². The fourth-order valence-electron chi connectivity index (χ4n) is 2.21. The van der Waals surface area contributed by atoms with Crippen molar-refractivity contribution in [2.75, 3.05) is 7.05 Å². The maximum absolute atomic E-state index is 12.4. The predicted octanol–water partition coefficient (Wildman–Crippen LogP) is 2.97. The molecule has 0 aromatic heterocycles. The van der Waals surface area contributed by atoms with E-state index in [1.54, 1.807) is 0 Å². The molecule has 1 aliphatic carbocycles. The largest absolute Gasteiger partial charge is 0.294 e. The van der Waals surface area contributed by atoms with Gasteiger partial charge < -0.3 is 0 Å².